The molecule has 2 heterocycles. The van der Waals surface area contributed by atoms with Crippen molar-refractivity contribution in [2.45, 2.75) is 51.6 Å². The van der Waals surface area contributed by atoms with Gasteiger partial charge in [-0.25, -0.2) is 4.99 Å². The highest BCUT2D eigenvalue weighted by molar-refractivity contribution is 14.0. The molecule has 3 unspecified atom stereocenters. The van der Waals surface area contributed by atoms with Gasteiger partial charge >= 0.3 is 0 Å². The largest absolute Gasteiger partial charge is 0.356 e. The van der Waals surface area contributed by atoms with Gasteiger partial charge in [0.25, 0.3) is 0 Å². The fourth-order valence-electron chi connectivity index (χ4n) is 5.34. The zero-order valence-electron chi connectivity index (χ0n) is 18.7. The van der Waals surface area contributed by atoms with Gasteiger partial charge in [0.1, 0.15) is 12.4 Å². The van der Waals surface area contributed by atoms with Crippen molar-refractivity contribution in [2.24, 2.45) is 23.9 Å². The van der Waals surface area contributed by atoms with E-state index in [1.807, 2.05) is 30.3 Å². The average molecular weight is 548 g/mol. The van der Waals surface area contributed by atoms with E-state index in [4.69, 9.17) is 4.99 Å². The molecule has 0 aromatic carbocycles. The van der Waals surface area contributed by atoms with E-state index in [0.29, 0.717) is 6.54 Å². The molecule has 1 aromatic rings. The van der Waals surface area contributed by atoms with Crippen LogP contribution in [0.15, 0.2) is 4.99 Å². The van der Waals surface area contributed by atoms with Crippen LogP contribution in [-0.4, -0.2) is 81.3 Å². The third kappa shape index (κ3) is 5.62. The van der Waals surface area contributed by atoms with E-state index in [-0.39, 0.29) is 24.0 Å². The summed E-state index contributed by atoms with van der Waals surface area (Å²) in [6.45, 7) is 8.01. The molecule has 1 saturated heterocycles. The third-order valence-electron chi connectivity index (χ3n) is 7.14. The van der Waals surface area contributed by atoms with Crippen LogP contribution in [0.3, 0.4) is 0 Å². The first-order chi connectivity index (χ1) is 14.2. The smallest absolute Gasteiger partial charge is 0.194 e. The van der Waals surface area contributed by atoms with Crippen LogP contribution in [0.25, 0.3) is 0 Å². The minimum absolute atomic E-state index is 0. The van der Waals surface area contributed by atoms with Crippen LogP contribution in [0.4, 0.5) is 0 Å². The minimum Gasteiger partial charge on any atom is -0.356 e. The van der Waals surface area contributed by atoms with Crippen LogP contribution in [0.5, 0.6) is 0 Å². The minimum atomic E-state index is 0. The molecule has 1 N–H and O–H groups in total. The summed E-state index contributed by atoms with van der Waals surface area (Å²) >= 11 is 1.90. The number of piperazine rings is 1. The summed E-state index contributed by atoms with van der Waals surface area (Å²) in [7, 11) is 2.01. The topological polar surface area (TPSA) is 61.6 Å². The molecule has 170 valence electrons. The van der Waals surface area contributed by atoms with Gasteiger partial charge in [0, 0.05) is 45.8 Å². The molecule has 3 atom stereocenters. The molecule has 0 amide bonds. The van der Waals surface area contributed by atoms with Crippen LogP contribution in [0, 0.1) is 18.8 Å². The van der Waals surface area contributed by atoms with Crippen LogP contribution in [0.2, 0.25) is 0 Å². The standard InChI is InChI=1S/C21H37N7S.HI/c1-16-24-25-20(26(16)2)15-23-21(22-7-4-12-29-3)28-10-8-27(9-11-28)19-14-17-5-6-18(19)13-17;/h17-19H,4-15H2,1-3H3,(H,22,23);1H. The van der Waals surface area contributed by atoms with E-state index in [2.05, 4.69) is 31.6 Å². The Labute approximate surface area is 202 Å². The first kappa shape index (κ1) is 24.1. The summed E-state index contributed by atoms with van der Waals surface area (Å²) in [4.78, 5) is 10.2. The molecule has 3 fully saturated rings. The fraction of sp³-hybridized carbons (Fsp3) is 0.857. The number of halogens is 1. The predicted molar refractivity (Wildman–Crippen MR) is 136 cm³/mol. The van der Waals surface area contributed by atoms with Crippen molar-refractivity contribution >= 4 is 41.7 Å². The average Bonchev–Trinajstić information content (AvgIpc) is 3.46. The molecule has 1 aliphatic heterocycles. The van der Waals surface area contributed by atoms with Crippen LogP contribution in [0.1, 0.15) is 43.8 Å². The van der Waals surface area contributed by atoms with E-state index in [1.54, 1.807) is 0 Å². The maximum atomic E-state index is 4.93. The van der Waals surface area contributed by atoms with Crippen molar-refractivity contribution < 1.29 is 0 Å². The molecule has 0 radical (unpaired) electrons. The number of hydrogen-bond acceptors (Lipinski definition) is 5. The van der Waals surface area contributed by atoms with Crippen molar-refractivity contribution in [1.29, 1.82) is 0 Å². The summed E-state index contributed by atoms with van der Waals surface area (Å²) in [5, 5.41) is 12.1. The van der Waals surface area contributed by atoms with Gasteiger partial charge in [-0.15, -0.1) is 34.2 Å². The SMILES string of the molecule is CSCCCNC(=NCc1nnc(C)n1C)N1CCN(C2CC3CCC2C3)CC1.I. The number of fused-ring (bicyclic) bond motifs is 2. The van der Waals surface area contributed by atoms with Crippen molar-refractivity contribution in [1.82, 2.24) is 29.9 Å². The lowest BCUT2D eigenvalue weighted by Crippen LogP contribution is -2.55. The number of aromatic nitrogens is 3. The molecule has 0 spiro atoms. The van der Waals surface area contributed by atoms with Gasteiger partial charge in [0.2, 0.25) is 0 Å². The molecule has 9 heteroatoms. The predicted octanol–water partition coefficient (Wildman–Crippen LogP) is 2.75. The summed E-state index contributed by atoms with van der Waals surface area (Å²) in [6, 6.07) is 0.854. The molecule has 30 heavy (non-hydrogen) atoms. The molecule has 2 saturated carbocycles. The van der Waals surface area contributed by atoms with Gasteiger partial charge in [-0.2, -0.15) is 11.8 Å². The zero-order valence-corrected chi connectivity index (χ0v) is 21.9. The molecule has 2 bridgehead atoms. The van der Waals surface area contributed by atoms with Gasteiger partial charge in [-0.3, -0.25) is 4.90 Å². The monoisotopic (exact) mass is 547 g/mol. The van der Waals surface area contributed by atoms with Crippen molar-refractivity contribution in [3.63, 3.8) is 0 Å². The number of aryl methyl sites for hydroxylation is 1. The second-order valence-corrected chi connectivity index (χ2v) is 9.89. The molecule has 3 aliphatic rings. The molecular weight excluding hydrogens is 509 g/mol. The zero-order chi connectivity index (χ0) is 20.2. The fourth-order valence-corrected chi connectivity index (χ4v) is 5.78. The highest BCUT2D eigenvalue weighted by Crippen LogP contribution is 2.46. The Kier molecular flexibility index (Phi) is 9.12. The summed E-state index contributed by atoms with van der Waals surface area (Å²) in [5.74, 6) is 6.08. The number of nitrogens with one attached hydrogen (secondary N) is 1. The van der Waals surface area contributed by atoms with E-state index in [9.17, 15) is 0 Å². The number of aliphatic imine (C=N–C) groups is 1. The molecule has 7 nitrogen and oxygen atoms in total. The van der Waals surface area contributed by atoms with E-state index >= 15 is 0 Å². The Hall–Kier alpha value is -0.550. The Morgan fingerprint density at radius 1 is 1.17 bits per heavy atom. The molecule has 4 rings (SSSR count). The van der Waals surface area contributed by atoms with E-state index in [0.717, 1.165) is 61.5 Å². The second kappa shape index (κ2) is 11.4. The lowest BCUT2D eigenvalue weighted by atomic mass is 9.93. The van der Waals surface area contributed by atoms with Gasteiger partial charge in [-0.05, 0) is 56.5 Å². The number of hydrogen-bond donors (Lipinski definition) is 1. The van der Waals surface area contributed by atoms with Crippen molar-refractivity contribution in [3.05, 3.63) is 11.6 Å². The lowest BCUT2D eigenvalue weighted by Gasteiger charge is -2.42. The lowest BCUT2D eigenvalue weighted by molar-refractivity contribution is 0.0958. The highest BCUT2D eigenvalue weighted by atomic mass is 127. The maximum Gasteiger partial charge on any atom is 0.194 e. The number of nitrogens with zero attached hydrogens (tertiary/aromatic N) is 6. The van der Waals surface area contributed by atoms with Gasteiger partial charge in [-0.1, -0.05) is 6.42 Å². The maximum absolute atomic E-state index is 4.93. The second-order valence-electron chi connectivity index (χ2n) is 8.90. The summed E-state index contributed by atoms with van der Waals surface area (Å²) < 4.78 is 2.03. The number of guanidine groups is 1. The van der Waals surface area contributed by atoms with Crippen LogP contribution >= 0.6 is 35.7 Å². The van der Waals surface area contributed by atoms with Crippen LogP contribution < -0.4 is 5.32 Å². The quantitative estimate of drug-likeness (QED) is 0.245. The van der Waals surface area contributed by atoms with Gasteiger partial charge in [0.15, 0.2) is 11.8 Å². The Bertz CT molecular complexity index is 702. The molecule has 2 aliphatic carbocycles. The molecular formula is C21H38IN7S. The summed E-state index contributed by atoms with van der Waals surface area (Å²) in [6.07, 6.45) is 9.22. The van der Waals surface area contributed by atoms with Crippen molar-refractivity contribution in [3.8, 4) is 0 Å². The third-order valence-corrected chi connectivity index (χ3v) is 7.84. The number of rotatable bonds is 7. The van der Waals surface area contributed by atoms with Gasteiger partial charge < -0.3 is 14.8 Å². The Balaban J connectivity index is 0.00000256. The Morgan fingerprint density at radius 3 is 2.57 bits per heavy atom. The summed E-state index contributed by atoms with van der Waals surface area (Å²) in [5.41, 5.74) is 0. The van der Waals surface area contributed by atoms with E-state index < -0.39 is 0 Å². The normalized spacial score (nSPS) is 26.8. The molecule has 1 aromatic heterocycles. The first-order valence-corrected chi connectivity index (χ1v) is 12.7. The van der Waals surface area contributed by atoms with Crippen molar-refractivity contribution in [2.75, 3.05) is 44.7 Å². The number of thioether (sulfide) groups is 1. The first-order valence-electron chi connectivity index (χ1n) is 11.3. The Morgan fingerprint density at radius 2 is 1.97 bits per heavy atom. The van der Waals surface area contributed by atoms with Gasteiger partial charge in [0.05, 0.1) is 0 Å². The highest BCUT2D eigenvalue weighted by Gasteiger charge is 2.42. The van der Waals surface area contributed by atoms with E-state index in [1.165, 1.54) is 44.5 Å². The van der Waals surface area contributed by atoms with Crippen LogP contribution in [-0.2, 0) is 13.6 Å².